The Balaban J connectivity index is 2.72. The van der Waals surface area contributed by atoms with Crippen molar-refractivity contribution < 1.29 is 9.47 Å². The Hall–Kier alpha value is -1.53. The molecule has 2 rings (SSSR count). The van der Waals surface area contributed by atoms with Crippen molar-refractivity contribution in [2.24, 2.45) is 10.7 Å². The van der Waals surface area contributed by atoms with Crippen LogP contribution in [0.5, 0.6) is 5.75 Å². The number of isothiocyanates is 1. The molecule has 1 aromatic rings. The van der Waals surface area contributed by atoms with Crippen molar-refractivity contribution in [2.75, 3.05) is 38.3 Å². The monoisotopic (exact) mass is 323 g/mol. The molecule has 1 aromatic carbocycles. The molecular weight excluding hydrogens is 306 g/mol. The van der Waals surface area contributed by atoms with Gasteiger partial charge >= 0.3 is 0 Å². The van der Waals surface area contributed by atoms with Gasteiger partial charge in [0, 0.05) is 13.1 Å². The number of ether oxygens (including phenoxy) is 2. The van der Waals surface area contributed by atoms with Crippen molar-refractivity contribution in [3.05, 3.63) is 17.2 Å². The van der Waals surface area contributed by atoms with Crippen molar-refractivity contribution in [1.82, 2.24) is 0 Å². The Bertz CT molecular complexity index is 607. The normalized spacial score (nSPS) is 14.5. The molecule has 0 amide bonds. The molecule has 0 aliphatic carbocycles. The van der Waals surface area contributed by atoms with Crippen LogP contribution in [-0.4, -0.2) is 43.6 Å². The average Bonchev–Trinajstić information content (AvgIpc) is 2.47. The van der Waals surface area contributed by atoms with Gasteiger partial charge in [-0.25, -0.2) is 0 Å². The van der Waals surface area contributed by atoms with E-state index in [1.807, 2.05) is 13.0 Å². The predicted molar refractivity (Wildman–Crippen MR) is 91.3 cm³/mol. The lowest BCUT2D eigenvalue weighted by Crippen LogP contribution is -2.37. The molecule has 7 heteroatoms. The molecule has 0 radical (unpaired) electrons. The zero-order valence-electron chi connectivity index (χ0n) is 12.0. The van der Waals surface area contributed by atoms with Crippen LogP contribution in [0.2, 0.25) is 0 Å². The second kappa shape index (κ2) is 6.95. The zero-order valence-corrected chi connectivity index (χ0v) is 13.6. The van der Waals surface area contributed by atoms with E-state index in [2.05, 4.69) is 15.1 Å². The number of aryl methyl sites for hydroxylation is 1. The van der Waals surface area contributed by atoms with Crippen molar-refractivity contribution in [2.45, 2.75) is 6.92 Å². The smallest absolute Gasteiger partial charge is 0.145 e. The van der Waals surface area contributed by atoms with Crippen LogP contribution in [0.25, 0.3) is 0 Å². The third-order valence-corrected chi connectivity index (χ3v) is 3.66. The van der Waals surface area contributed by atoms with E-state index in [0.29, 0.717) is 24.5 Å². The lowest BCUT2D eigenvalue weighted by Gasteiger charge is -2.32. The number of morpholine rings is 1. The third kappa shape index (κ3) is 3.22. The molecule has 21 heavy (non-hydrogen) atoms. The third-order valence-electron chi connectivity index (χ3n) is 3.36. The van der Waals surface area contributed by atoms with E-state index in [4.69, 9.17) is 39.6 Å². The molecule has 1 aliphatic rings. The van der Waals surface area contributed by atoms with E-state index in [0.717, 1.165) is 30.1 Å². The van der Waals surface area contributed by atoms with E-state index in [1.54, 1.807) is 7.11 Å². The Morgan fingerprint density at radius 3 is 2.67 bits per heavy atom. The molecule has 0 atom stereocenters. The highest BCUT2D eigenvalue weighted by Crippen LogP contribution is 2.41. The van der Waals surface area contributed by atoms with Crippen LogP contribution in [0.15, 0.2) is 11.1 Å². The maximum Gasteiger partial charge on any atom is 0.145 e. The fraction of sp³-hybridized carbons (Fsp3) is 0.429. The number of nitrogens with two attached hydrogens (primary N) is 1. The molecule has 1 saturated heterocycles. The Morgan fingerprint density at radius 1 is 1.48 bits per heavy atom. The van der Waals surface area contributed by atoms with Crippen LogP contribution in [0.3, 0.4) is 0 Å². The van der Waals surface area contributed by atoms with Gasteiger partial charge in [-0.3, -0.25) is 0 Å². The van der Waals surface area contributed by atoms with Gasteiger partial charge in [0.2, 0.25) is 0 Å². The van der Waals surface area contributed by atoms with Gasteiger partial charge in [0.1, 0.15) is 10.7 Å². The fourth-order valence-electron chi connectivity index (χ4n) is 2.49. The van der Waals surface area contributed by atoms with Crippen LogP contribution in [0.4, 0.5) is 11.4 Å². The standard InChI is InChI=1S/C14H17N3O2S2/c1-9-7-10(16-8-20)11(14(15)21)12(13(9)18-2)17-3-5-19-6-4-17/h7H,3-6H2,1-2H3,(H2,15,21). The van der Waals surface area contributed by atoms with Crippen LogP contribution in [0, 0.1) is 6.92 Å². The maximum atomic E-state index is 5.92. The lowest BCUT2D eigenvalue weighted by molar-refractivity contribution is 0.122. The molecule has 0 aromatic heterocycles. The maximum absolute atomic E-state index is 5.92. The summed E-state index contributed by atoms with van der Waals surface area (Å²) >= 11 is 9.93. The summed E-state index contributed by atoms with van der Waals surface area (Å²) < 4.78 is 11.0. The zero-order chi connectivity index (χ0) is 15.4. The first-order chi connectivity index (χ1) is 10.1. The highest BCUT2D eigenvalue weighted by molar-refractivity contribution is 7.80. The van der Waals surface area contributed by atoms with Gasteiger partial charge in [0.25, 0.3) is 0 Å². The lowest BCUT2D eigenvalue weighted by atomic mass is 10.0. The topological polar surface area (TPSA) is 60.1 Å². The number of nitrogens with zero attached hydrogens (tertiary/aromatic N) is 2. The molecule has 5 nitrogen and oxygen atoms in total. The molecule has 0 unspecified atom stereocenters. The first-order valence-electron chi connectivity index (χ1n) is 6.52. The molecule has 2 N–H and O–H groups in total. The van der Waals surface area contributed by atoms with Gasteiger partial charge in [0.15, 0.2) is 0 Å². The Kier molecular flexibility index (Phi) is 5.25. The number of rotatable bonds is 4. The van der Waals surface area contributed by atoms with Crippen LogP contribution in [0.1, 0.15) is 11.1 Å². The second-order valence-electron chi connectivity index (χ2n) is 4.64. The molecular formula is C14H17N3O2S2. The van der Waals surface area contributed by atoms with E-state index < -0.39 is 0 Å². The SMILES string of the molecule is COc1c(C)cc(N=C=S)c(C(N)=S)c1N1CCOCC1. The minimum Gasteiger partial charge on any atom is -0.494 e. The van der Waals surface area contributed by atoms with Crippen LogP contribution in [-0.2, 0) is 4.74 Å². The first-order valence-corrected chi connectivity index (χ1v) is 7.33. The number of hydrogen-bond donors (Lipinski definition) is 1. The summed E-state index contributed by atoms with van der Waals surface area (Å²) in [6.07, 6.45) is 0. The average molecular weight is 323 g/mol. The molecule has 0 saturated carbocycles. The molecule has 0 bridgehead atoms. The summed E-state index contributed by atoms with van der Waals surface area (Å²) in [5, 5.41) is 2.38. The van der Waals surface area contributed by atoms with Crippen molar-refractivity contribution in [3.63, 3.8) is 0 Å². The van der Waals surface area contributed by atoms with Crippen molar-refractivity contribution in [1.29, 1.82) is 0 Å². The fourth-order valence-corrected chi connectivity index (χ4v) is 2.79. The van der Waals surface area contributed by atoms with Crippen LogP contribution < -0.4 is 15.4 Å². The number of anilines is 1. The number of aliphatic imine (C=N–C) groups is 1. The summed E-state index contributed by atoms with van der Waals surface area (Å²) in [7, 11) is 1.64. The summed E-state index contributed by atoms with van der Waals surface area (Å²) in [5.41, 5.74) is 9.02. The number of hydrogen-bond acceptors (Lipinski definition) is 6. The predicted octanol–water partition coefficient (Wildman–Crippen LogP) is 2.21. The quantitative estimate of drug-likeness (QED) is 0.677. The summed E-state index contributed by atoms with van der Waals surface area (Å²) in [6, 6.07) is 1.86. The van der Waals surface area contributed by atoms with Crippen molar-refractivity contribution in [3.8, 4) is 5.75 Å². The molecule has 112 valence electrons. The highest BCUT2D eigenvalue weighted by atomic mass is 32.1. The van der Waals surface area contributed by atoms with Gasteiger partial charge in [-0.2, -0.15) is 4.99 Å². The Labute approximate surface area is 134 Å². The minimum atomic E-state index is 0.263. The largest absolute Gasteiger partial charge is 0.494 e. The number of methoxy groups -OCH3 is 1. The molecule has 1 heterocycles. The summed E-state index contributed by atoms with van der Waals surface area (Å²) in [5.74, 6) is 0.753. The van der Waals surface area contributed by atoms with E-state index in [1.165, 1.54) is 0 Å². The highest BCUT2D eigenvalue weighted by Gasteiger charge is 2.25. The summed E-state index contributed by atoms with van der Waals surface area (Å²) in [6.45, 7) is 4.75. The van der Waals surface area contributed by atoms with Crippen molar-refractivity contribution >= 4 is 46.0 Å². The molecule has 0 spiro atoms. The Morgan fingerprint density at radius 2 is 2.14 bits per heavy atom. The molecule has 1 fully saturated rings. The van der Waals surface area contributed by atoms with Gasteiger partial charge in [-0.15, -0.1) is 0 Å². The van der Waals surface area contributed by atoms with E-state index in [-0.39, 0.29) is 4.99 Å². The number of benzene rings is 1. The van der Waals surface area contributed by atoms with Gasteiger partial charge in [0.05, 0.1) is 42.4 Å². The van der Waals surface area contributed by atoms with Crippen LogP contribution >= 0.6 is 24.4 Å². The van der Waals surface area contributed by atoms with Gasteiger partial charge < -0.3 is 20.1 Å². The second-order valence-corrected chi connectivity index (χ2v) is 5.26. The van der Waals surface area contributed by atoms with E-state index >= 15 is 0 Å². The number of thiocarbonyl (C=S) groups is 2. The van der Waals surface area contributed by atoms with E-state index in [9.17, 15) is 0 Å². The molecule has 1 aliphatic heterocycles. The summed E-state index contributed by atoms with van der Waals surface area (Å²) in [4.78, 5) is 6.53. The first kappa shape index (κ1) is 15.9. The van der Waals surface area contributed by atoms with Gasteiger partial charge in [-0.1, -0.05) is 12.2 Å². The van der Waals surface area contributed by atoms with Gasteiger partial charge in [-0.05, 0) is 30.8 Å². The minimum absolute atomic E-state index is 0.263.